The molecule has 0 fully saturated rings. The summed E-state index contributed by atoms with van der Waals surface area (Å²) < 4.78 is 9.86. The Hall–Kier alpha value is -2.04. The van der Waals surface area contributed by atoms with Crippen molar-refractivity contribution < 1.29 is 19.1 Å². The fraction of sp³-hybridized carbons (Fsp3) is 0.385. The molecule has 18 heavy (non-hydrogen) atoms. The third kappa shape index (κ3) is 2.80. The van der Waals surface area contributed by atoms with Gasteiger partial charge in [-0.1, -0.05) is 0 Å². The van der Waals surface area contributed by atoms with E-state index in [0.29, 0.717) is 12.2 Å². The minimum Gasteiger partial charge on any atom is -0.493 e. The number of carbonyl (C=O) groups is 2. The first-order valence-electron chi connectivity index (χ1n) is 5.81. The number of esters is 1. The number of hydrogen-bond acceptors (Lipinski definition) is 4. The number of hydrogen-bond donors (Lipinski definition) is 1. The molecule has 0 saturated heterocycles. The number of nitrogens with one attached hydrogen (secondary N) is 1. The highest BCUT2D eigenvalue weighted by Crippen LogP contribution is 2.25. The molecule has 0 spiro atoms. The summed E-state index contributed by atoms with van der Waals surface area (Å²) in [6.45, 7) is 0.946. The zero-order valence-electron chi connectivity index (χ0n) is 10.2. The van der Waals surface area contributed by atoms with Gasteiger partial charge >= 0.3 is 5.97 Å². The number of methoxy groups -OCH3 is 1. The summed E-state index contributed by atoms with van der Waals surface area (Å²) in [7, 11) is 1.32. The van der Waals surface area contributed by atoms with Crippen LogP contribution in [0, 0.1) is 0 Å². The van der Waals surface area contributed by atoms with Crippen LogP contribution in [0.2, 0.25) is 0 Å². The van der Waals surface area contributed by atoms with Crippen LogP contribution >= 0.6 is 0 Å². The normalized spacial score (nSPS) is 12.5. The van der Waals surface area contributed by atoms with Crippen molar-refractivity contribution >= 4 is 11.9 Å². The molecular formula is C13H15NO4. The van der Waals surface area contributed by atoms with Crippen molar-refractivity contribution in [1.82, 2.24) is 5.32 Å². The molecule has 5 nitrogen and oxygen atoms in total. The monoisotopic (exact) mass is 249 g/mol. The van der Waals surface area contributed by atoms with E-state index in [1.165, 1.54) is 7.11 Å². The molecule has 1 aliphatic heterocycles. The smallest absolute Gasteiger partial charge is 0.307 e. The molecule has 1 heterocycles. The highest BCUT2D eigenvalue weighted by molar-refractivity contribution is 5.94. The Morgan fingerprint density at radius 2 is 2.28 bits per heavy atom. The summed E-state index contributed by atoms with van der Waals surface area (Å²) >= 11 is 0. The van der Waals surface area contributed by atoms with E-state index in [4.69, 9.17) is 4.74 Å². The third-order valence-corrected chi connectivity index (χ3v) is 2.79. The van der Waals surface area contributed by atoms with Crippen LogP contribution in [-0.2, 0) is 16.0 Å². The van der Waals surface area contributed by atoms with Crippen LogP contribution in [-0.4, -0.2) is 32.1 Å². The Bertz CT molecular complexity index is 470. The molecule has 1 aromatic carbocycles. The van der Waals surface area contributed by atoms with Gasteiger partial charge in [0.1, 0.15) is 5.75 Å². The van der Waals surface area contributed by atoms with E-state index in [-0.39, 0.29) is 24.8 Å². The van der Waals surface area contributed by atoms with E-state index in [1.54, 1.807) is 12.1 Å². The molecule has 1 amide bonds. The molecule has 1 aliphatic rings. The molecule has 2 rings (SSSR count). The van der Waals surface area contributed by atoms with E-state index < -0.39 is 0 Å². The number of fused-ring (bicyclic) bond motifs is 1. The maximum atomic E-state index is 11.8. The zero-order valence-corrected chi connectivity index (χ0v) is 10.2. The fourth-order valence-electron chi connectivity index (χ4n) is 1.81. The van der Waals surface area contributed by atoms with Gasteiger partial charge in [0.25, 0.3) is 5.91 Å². The van der Waals surface area contributed by atoms with Crippen LogP contribution in [0.1, 0.15) is 22.3 Å². The first-order chi connectivity index (χ1) is 8.70. The van der Waals surface area contributed by atoms with E-state index in [0.717, 1.165) is 17.7 Å². The number of rotatable bonds is 4. The molecule has 5 heteroatoms. The van der Waals surface area contributed by atoms with Gasteiger partial charge in [0.15, 0.2) is 0 Å². The lowest BCUT2D eigenvalue weighted by Crippen LogP contribution is -2.26. The van der Waals surface area contributed by atoms with E-state index in [9.17, 15) is 9.59 Å². The second-order valence-corrected chi connectivity index (χ2v) is 4.00. The summed E-state index contributed by atoms with van der Waals surface area (Å²) in [6, 6.07) is 5.35. The molecular weight excluding hydrogens is 234 g/mol. The van der Waals surface area contributed by atoms with Crippen LogP contribution in [0.5, 0.6) is 5.75 Å². The van der Waals surface area contributed by atoms with Crippen LogP contribution in [0.3, 0.4) is 0 Å². The van der Waals surface area contributed by atoms with Gasteiger partial charge in [0, 0.05) is 18.5 Å². The van der Waals surface area contributed by atoms with Crippen molar-refractivity contribution in [3.05, 3.63) is 29.3 Å². The largest absolute Gasteiger partial charge is 0.493 e. The van der Waals surface area contributed by atoms with E-state index >= 15 is 0 Å². The first-order valence-corrected chi connectivity index (χ1v) is 5.81. The summed E-state index contributed by atoms with van der Waals surface area (Å²) in [4.78, 5) is 22.7. The van der Waals surface area contributed by atoms with Crippen molar-refractivity contribution in [2.45, 2.75) is 12.8 Å². The Morgan fingerprint density at radius 3 is 3.06 bits per heavy atom. The van der Waals surface area contributed by atoms with Crippen LogP contribution in [0.4, 0.5) is 0 Å². The van der Waals surface area contributed by atoms with Gasteiger partial charge in [0.2, 0.25) is 0 Å². The van der Waals surface area contributed by atoms with Crippen molar-refractivity contribution in [3.63, 3.8) is 0 Å². The fourth-order valence-corrected chi connectivity index (χ4v) is 1.81. The lowest BCUT2D eigenvalue weighted by Gasteiger charge is -2.06. The molecule has 0 atom stereocenters. The second-order valence-electron chi connectivity index (χ2n) is 4.00. The summed E-state index contributed by atoms with van der Waals surface area (Å²) in [5.41, 5.74) is 1.64. The predicted molar refractivity (Wildman–Crippen MR) is 64.6 cm³/mol. The molecule has 0 saturated carbocycles. The van der Waals surface area contributed by atoms with E-state index in [2.05, 4.69) is 10.1 Å². The Balaban J connectivity index is 1.91. The quantitative estimate of drug-likeness (QED) is 0.806. The Kier molecular flexibility index (Phi) is 3.82. The number of amides is 1. The maximum absolute atomic E-state index is 11.8. The number of carbonyl (C=O) groups excluding carboxylic acids is 2. The van der Waals surface area contributed by atoms with Gasteiger partial charge in [-0.25, -0.2) is 0 Å². The highest BCUT2D eigenvalue weighted by atomic mass is 16.5. The summed E-state index contributed by atoms with van der Waals surface area (Å²) in [6.07, 6.45) is 1.01. The minimum absolute atomic E-state index is 0.177. The average Bonchev–Trinajstić information content (AvgIpc) is 2.85. The lowest BCUT2D eigenvalue weighted by atomic mass is 10.1. The molecule has 0 aromatic heterocycles. The van der Waals surface area contributed by atoms with Crippen LogP contribution < -0.4 is 10.1 Å². The summed E-state index contributed by atoms with van der Waals surface area (Å²) in [5, 5.41) is 2.67. The topological polar surface area (TPSA) is 64.6 Å². The highest BCUT2D eigenvalue weighted by Gasteiger charge is 2.14. The van der Waals surface area contributed by atoms with E-state index in [1.807, 2.05) is 6.07 Å². The second kappa shape index (κ2) is 5.53. The maximum Gasteiger partial charge on any atom is 0.307 e. The average molecular weight is 249 g/mol. The molecule has 96 valence electrons. The number of ether oxygens (including phenoxy) is 2. The van der Waals surface area contributed by atoms with Crippen molar-refractivity contribution in [2.75, 3.05) is 20.3 Å². The van der Waals surface area contributed by atoms with Crippen molar-refractivity contribution in [1.29, 1.82) is 0 Å². The van der Waals surface area contributed by atoms with Gasteiger partial charge < -0.3 is 14.8 Å². The molecule has 0 bridgehead atoms. The molecule has 0 radical (unpaired) electrons. The van der Waals surface area contributed by atoms with Gasteiger partial charge in [0.05, 0.1) is 20.1 Å². The van der Waals surface area contributed by atoms with Crippen molar-refractivity contribution in [2.24, 2.45) is 0 Å². The lowest BCUT2D eigenvalue weighted by molar-refractivity contribution is -0.140. The molecule has 0 unspecified atom stereocenters. The standard InChI is InChI=1S/C13H15NO4/c1-17-12(15)4-6-14-13(16)10-2-3-11-9(8-10)5-7-18-11/h2-3,8H,4-7H2,1H3,(H,14,16). The van der Waals surface area contributed by atoms with Gasteiger partial charge in [-0.2, -0.15) is 0 Å². The van der Waals surface area contributed by atoms with Crippen LogP contribution in [0.25, 0.3) is 0 Å². The molecule has 1 N–H and O–H groups in total. The Labute approximate surface area is 105 Å². The Morgan fingerprint density at radius 1 is 1.44 bits per heavy atom. The summed E-state index contributed by atoms with van der Waals surface area (Å²) in [5.74, 6) is 0.326. The molecule has 0 aliphatic carbocycles. The van der Waals surface area contributed by atoms with Crippen molar-refractivity contribution in [3.8, 4) is 5.75 Å². The zero-order chi connectivity index (χ0) is 13.0. The third-order valence-electron chi connectivity index (χ3n) is 2.79. The van der Waals surface area contributed by atoms with Gasteiger partial charge in [-0.15, -0.1) is 0 Å². The first kappa shape index (κ1) is 12.4. The molecule has 1 aromatic rings. The number of benzene rings is 1. The van der Waals surface area contributed by atoms with Gasteiger partial charge in [-0.05, 0) is 23.8 Å². The SMILES string of the molecule is COC(=O)CCNC(=O)c1ccc2c(c1)CCO2. The van der Waals surface area contributed by atoms with Gasteiger partial charge in [-0.3, -0.25) is 9.59 Å². The van der Waals surface area contributed by atoms with Crippen LogP contribution in [0.15, 0.2) is 18.2 Å². The predicted octanol–water partition coefficient (Wildman–Crippen LogP) is 0.914. The minimum atomic E-state index is -0.336.